The van der Waals surface area contributed by atoms with Crippen molar-refractivity contribution in [2.24, 2.45) is 5.92 Å². The number of ether oxygens (including phenoxy) is 1. The van der Waals surface area contributed by atoms with Gasteiger partial charge in [-0.1, -0.05) is 25.0 Å². The van der Waals surface area contributed by atoms with Crippen LogP contribution in [0.5, 0.6) is 5.75 Å². The summed E-state index contributed by atoms with van der Waals surface area (Å²) >= 11 is 0. The van der Waals surface area contributed by atoms with Gasteiger partial charge < -0.3 is 15.4 Å². The Morgan fingerprint density at radius 2 is 1.96 bits per heavy atom. The van der Waals surface area contributed by atoms with Gasteiger partial charge in [0.2, 0.25) is 5.91 Å². The highest BCUT2D eigenvalue weighted by Crippen LogP contribution is 2.41. The number of nitrogens with one attached hydrogen (secondary N) is 2. The Bertz CT molecular complexity index is 627. The molecule has 1 aromatic carbocycles. The molecule has 0 aromatic heterocycles. The van der Waals surface area contributed by atoms with Crippen LogP contribution in [-0.2, 0) is 10.2 Å². The van der Waals surface area contributed by atoms with Gasteiger partial charge in [0, 0.05) is 30.5 Å². The Labute approximate surface area is 157 Å². The molecule has 1 aliphatic carbocycles. The van der Waals surface area contributed by atoms with Crippen LogP contribution < -0.4 is 15.4 Å². The van der Waals surface area contributed by atoms with Gasteiger partial charge in [0.05, 0.1) is 7.11 Å². The standard InChI is InChI=1S/C22H32N2O2/c1-26-20-6-4-5-17(14-20)22(9-2-3-10-22)15-23-21(25)13-16-11-18-7-8-19(12-16)24-18/h4-6,14,16,18-19,24H,2-3,7-13,15H2,1H3,(H,23,25). The zero-order chi connectivity index (χ0) is 18.0. The number of piperidine rings is 1. The number of carbonyl (C=O) groups excluding carboxylic acids is 1. The number of benzene rings is 1. The van der Waals surface area contributed by atoms with Gasteiger partial charge in [-0.15, -0.1) is 0 Å². The summed E-state index contributed by atoms with van der Waals surface area (Å²) in [6, 6.07) is 9.73. The van der Waals surface area contributed by atoms with Crippen LogP contribution in [0.2, 0.25) is 0 Å². The van der Waals surface area contributed by atoms with E-state index in [2.05, 4.69) is 28.8 Å². The van der Waals surface area contributed by atoms with Crippen molar-refractivity contribution < 1.29 is 9.53 Å². The van der Waals surface area contributed by atoms with Gasteiger partial charge in [0.15, 0.2) is 0 Å². The van der Waals surface area contributed by atoms with Crippen molar-refractivity contribution in [3.05, 3.63) is 29.8 Å². The van der Waals surface area contributed by atoms with Gasteiger partial charge in [-0.2, -0.15) is 0 Å². The lowest BCUT2D eigenvalue weighted by Crippen LogP contribution is -2.42. The Balaban J connectivity index is 1.37. The molecule has 2 aliphatic heterocycles. The van der Waals surface area contributed by atoms with E-state index in [1.807, 2.05) is 6.07 Å². The molecule has 1 aromatic rings. The zero-order valence-electron chi connectivity index (χ0n) is 15.9. The van der Waals surface area contributed by atoms with E-state index in [1.54, 1.807) is 7.11 Å². The Kier molecular flexibility index (Phi) is 5.21. The molecule has 3 fully saturated rings. The lowest BCUT2D eigenvalue weighted by Gasteiger charge is -2.32. The molecule has 0 radical (unpaired) electrons. The molecule has 2 N–H and O–H groups in total. The fourth-order valence-corrected chi connectivity index (χ4v) is 5.52. The van der Waals surface area contributed by atoms with Gasteiger partial charge >= 0.3 is 0 Å². The molecule has 26 heavy (non-hydrogen) atoms. The number of rotatable bonds is 6. The van der Waals surface area contributed by atoms with E-state index in [9.17, 15) is 4.79 Å². The first-order chi connectivity index (χ1) is 12.7. The van der Waals surface area contributed by atoms with E-state index >= 15 is 0 Å². The third-order valence-corrected chi connectivity index (χ3v) is 6.91. The van der Waals surface area contributed by atoms with Crippen LogP contribution in [0.4, 0.5) is 0 Å². The molecule has 142 valence electrons. The molecule has 2 saturated heterocycles. The minimum absolute atomic E-state index is 0.0807. The van der Waals surface area contributed by atoms with Gasteiger partial charge in [0.1, 0.15) is 5.75 Å². The van der Waals surface area contributed by atoms with Gasteiger partial charge in [0.25, 0.3) is 0 Å². The van der Waals surface area contributed by atoms with Crippen molar-refractivity contribution in [1.82, 2.24) is 10.6 Å². The number of hydrogen-bond acceptors (Lipinski definition) is 3. The van der Waals surface area contributed by atoms with Gasteiger partial charge in [-0.25, -0.2) is 0 Å². The highest BCUT2D eigenvalue weighted by atomic mass is 16.5. The Hall–Kier alpha value is -1.55. The normalized spacial score (nSPS) is 29.5. The number of amides is 1. The van der Waals surface area contributed by atoms with Gasteiger partial charge in [-0.3, -0.25) is 4.79 Å². The second kappa shape index (κ2) is 7.59. The molecular weight excluding hydrogens is 324 g/mol. The third kappa shape index (κ3) is 3.75. The molecule has 2 bridgehead atoms. The highest BCUT2D eigenvalue weighted by molar-refractivity contribution is 5.76. The number of fused-ring (bicyclic) bond motifs is 2. The van der Waals surface area contributed by atoms with Crippen molar-refractivity contribution in [3.63, 3.8) is 0 Å². The minimum Gasteiger partial charge on any atom is -0.497 e. The topological polar surface area (TPSA) is 50.4 Å². The highest BCUT2D eigenvalue weighted by Gasteiger charge is 2.37. The second-order valence-corrected chi connectivity index (χ2v) is 8.68. The fourth-order valence-electron chi connectivity index (χ4n) is 5.52. The molecule has 2 unspecified atom stereocenters. The summed E-state index contributed by atoms with van der Waals surface area (Å²) in [5.41, 5.74) is 1.40. The lowest BCUT2D eigenvalue weighted by atomic mass is 9.78. The molecule has 3 aliphatic rings. The first kappa shape index (κ1) is 17.8. The largest absolute Gasteiger partial charge is 0.497 e. The Morgan fingerprint density at radius 3 is 2.65 bits per heavy atom. The van der Waals surface area contributed by atoms with Crippen LogP contribution in [0.25, 0.3) is 0 Å². The van der Waals surface area contributed by atoms with E-state index < -0.39 is 0 Å². The predicted molar refractivity (Wildman–Crippen MR) is 103 cm³/mol. The van der Waals surface area contributed by atoms with E-state index in [1.165, 1.54) is 44.1 Å². The summed E-state index contributed by atoms with van der Waals surface area (Å²) in [5.74, 6) is 1.71. The van der Waals surface area contributed by atoms with E-state index in [-0.39, 0.29) is 11.3 Å². The van der Waals surface area contributed by atoms with Crippen LogP contribution >= 0.6 is 0 Å². The smallest absolute Gasteiger partial charge is 0.220 e. The number of methoxy groups -OCH3 is 1. The van der Waals surface area contributed by atoms with Crippen molar-refractivity contribution >= 4 is 5.91 Å². The second-order valence-electron chi connectivity index (χ2n) is 8.68. The van der Waals surface area contributed by atoms with Crippen molar-refractivity contribution in [3.8, 4) is 5.75 Å². The summed E-state index contributed by atoms with van der Waals surface area (Å²) in [7, 11) is 1.72. The van der Waals surface area contributed by atoms with Crippen LogP contribution in [0.1, 0.15) is 63.4 Å². The van der Waals surface area contributed by atoms with E-state index in [0.29, 0.717) is 24.4 Å². The average molecular weight is 357 g/mol. The predicted octanol–water partition coefficient (Wildman–Crippen LogP) is 3.54. The third-order valence-electron chi connectivity index (χ3n) is 6.91. The minimum atomic E-state index is 0.0807. The molecular formula is C22H32N2O2. The first-order valence-electron chi connectivity index (χ1n) is 10.3. The van der Waals surface area contributed by atoms with E-state index in [4.69, 9.17) is 4.74 Å². The van der Waals surface area contributed by atoms with Gasteiger partial charge in [-0.05, 0) is 62.1 Å². The quantitative estimate of drug-likeness (QED) is 0.820. The van der Waals surface area contributed by atoms with Crippen molar-refractivity contribution in [1.29, 1.82) is 0 Å². The summed E-state index contributed by atoms with van der Waals surface area (Å²) in [6.45, 7) is 0.761. The van der Waals surface area contributed by atoms with Crippen LogP contribution in [0, 0.1) is 5.92 Å². The zero-order valence-corrected chi connectivity index (χ0v) is 15.9. The lowest BCUT2D eigenvalue weighted by molar-refractivity contribution is -0.122. The molecule has 0 spiro atoms. The molecule has 4 heteroatoms. The summed E-state index contributed by atoms with van der Waals surface area (Å²) in [6.07, 6.45) is 10.4. The molecule has 1 saturated carbocycles. The maximum atomic E-state index is 12.6. The van der Waals surface area contributed by atoms with Crippen LogP contribution in [0.15, 0.2) is 24.3 Å². The summed E-state index contributed by atoms with van der Waals surface area (Å²) in [5, 5.41) is 6.96. The monoisotopic (exact) mass is 356 g/mol. The van der Waals surface area contributed by atoms with E-state index in [0.717, 1.165) is 25.1 Å². The molecule has 1 amide bonds. The van der Waals surface area contributed by atoms with Crippen molar-refractivity contribution in [2.45, 2.75) is 75.3 Å². The van der Waals surface area contributed by atoms with Crippen molar-refractivity contribution in [2.75, 3.05) is 13.7 Å². The molecule has 4 nitrogen and oxygen atoms in total. The number of hydrogen-bond donors (Lipinski definition) is 2. The molecule has 2 atom stereocenters. The van der Waals surface area contributed by atoms with Crippen LogP contribution in [0.3, 0.4) is 0 Å². The molecule has 4 rings (SSSR count). The maximum Gasteiger partial charge on any atom is 0.220 e. The fraction of sp³-hybridized carbons (Fsp3) is 0.682. The Morgan fingerprint density at radius 1 is 1.23 bits per heavy atom. The SMILES string of the molecule is COc1cccc(C2(CNC(=O)CC3CC4CCC(C3)N4)CCCC2)c1. The average Bonchev–Trinajstić information content (AvgIpc) is 3.27. The number of carbonyl (C=O) groups is 1. The summed E-state index contributed by atoms with van der Waals surface area (Å²) < 4.78 is 5.42. The summed E-state index contributed by atoms with van der Waals surface area (Å²) in [4.78, 5) is 12.6. The maximum absolute atomic E-state index is 12.6. The van der Waals surface area contributed by atoms with Crippen LogP contribution in [-0.4, -0.2) is 31.6 Å². The first-order valence-corrected chi connectivity index (χ1v) is 10.3. The molecule has 2 heterocycles.